The summed E-state index contributed by atoms with van der Waals surface area (Å²) in [5.41, 5.74) is 5.63. The van der Waals surface area contributed by atoms with E-state index in [0.29, 0.717) is 11.2 Å². The first-order chi connectivity index (χ1) is 9.35. The molecule has 1 saturated carbocycles. The van der Waals surface area contributed by atoms with Crippen LogP contribution >= 0.6 is 11.3 Å². The van der Waals surface area contributed by atoms with E-state index in [9.17, 15) is 18.0 Å². The van der Waals surface area contributed by atoms with Crippen LogP contribution in [0.2, 0.25) is 0 Å². The van der Waals surface area contributed by atoms with Crippen LogP contribution in [0.15, 0.2) is 0 Å². The molecule has 1 heterocycles. The molecule has 1 aromatic heterocycles. The standard InChI is InChI=1S/C11H15F3N4OS/c12-11(13,14)4-1-5-16-9(19)7-8(15)18-10(20-7)17-6-2-3-6/h6H,1-5,15H2,(H,16,19)(H,17,18). The lowest BCUT2D eigenvalue weighted by molar-refractivity contribution is -0.135. The van der Waals surface area contributed by atoms with Crippen molar-refractivity contribution in [2.45, 2.75) is 37.9 Å². The van der Waals surface area contributed by atoms with Gasteiger partial charge in [-0.3, -0.25) is 4.79 Å². The van der Waals surface area contributed by atoms with Gasteiger partial charge < -0.3 is 16.4 Å². The summed E-state index contributed by atoms with van der Waals surface area (Å²) < 4.78 is 35.8. The minimum atomic E-state index is -4.20. The largest absolute Gasteiger partial charge is 0.389 e. The number of halogens is 3. The van der Waals surface area contributed by atoms with Crippen LogP contribution in [0.3, 0.4) is 0 Å². The number of nitrogens with zero attached hydrogens (tertiary/aromatic N) is 1. The van der Waals surface area contributed by atoms with Gasteiger partial charge in [-0.05, 0) is 19.3 Å². The van der Waals surface area contributed by atoms with Crippen molar-refractivity contribution < 1.29 is 18.0 Å². The molecule has 5 nitrogen and oxygen atoms in total. The Morgan fingerprint density at radius 2 is 2.15 bits per heavy atom. The van der Waals surface area contributed by atoms with E-state index in [4.69, 9.17) is 5.73 Å². The van der Waals surface area contributed by atoms with Gasteiger partial charge in [0, 0.05) is 19.0 Å². The van der Waals surface area contributed by atoms with Crippen LogP contribution in [0.1, 0.15) is 35.4 Å². The average Bonchev–Trinajstić information content (AvgIpc) is 3.06. The van der Waals surface area contributed by atoms with Crippen molar-refractivity contribution in [1.82, 2.24) is 10.3 Å². The van der Waals surface area contributed by atoms with Gasteiger partial charge in [-0.1, -0.05) is 11.3 Å². The highest BCUT2D eigenvalue weighted by atomic mass is 32.1. The van der Waals surface area contributed by atoms with E-state index in [1.807, 2.05) is 0 Å². The topological polar surface area (TPSA) is 80.0 Å². The van der Waals surface area contributed by atoms with Gasteiger partial charge in [0.25, 0.3) is 5.91 Å². The van der Waals surface area contributed by atoms with Crippen molar-refractivity contribution >= 4 is 28.2 Å². The van der Waals surface area contributed by atoms with Crippen molar-refractivity contribution in [2.24, 2.45) is 0 Å². The molecule has 0 saturated heterocycles. The van der Waals surface area contributed by atoms with Gasteiger partial charge in [-0.25, -0.2) is 4.98 Å². The molecule has 1 amide bonds. The Hall–Kier alpha value is -1.51. The number of nitrogens with one attached hydrogen (secondary N) is 2. The molecular formula is C11H15F3N4OS. The lowest BCUT2D eigenvalue weighted by Gasteiger charge is -2.06. The van der Waals surface area contributed by atoms with Crippen molar-refractivity contribution in [1.29, 1.82) is 0 Å². The Morgan fingerprint density at radius 3 is 2.75 bits per heavy atom. The number of hydrogen-bond donors (Lipinski definition) is 3. The van der Waals surface area contributed by atoms with E-state index >= 15 is 0 Å². The number of carbonyl (C=O) groups excluding carboxylic acids is 1. The van der Waals surface area contributed by atoms with Gasteiger partial charge in [0.05, 0.1) is 0 Å². The van der Waals surface area contributed by atoms with E-state index < -0.39 is 18.5 Å². The smallest absolute Gasteiger partial charge is 0.382 e. The Kier molecular flexibility index (Phi) is 4.36. The van der Waals surface area contributed by atoms with E-state index in [0.717, 1.165) is 24.2 Å². The highest BCUT2D eigenvalue weighted by molar-refractivity contribution is 7.18. The van der Waals surface area contributed by atoms with Crippen molar-refractivity contribution in [3.05, 3.63) is 4.88 Å². The summed E-state index contributed by atoms with van der Waals surface area (Å²) >= 11 is 1.12. The van der Waals surface area contributed by atoms with Crippen LogP contribution in [-0.4, -0.2) is 29.7 Å². The van der Waals surface area contributed by atoms with Gasteiger partial charge in [0.2, 0.25) is 0 Å². The minimum Gasteiger partial charge on any atom is -0.382 e. The maximum atomic E-state index is 11.9. The number of thiazole rings is 1. The molecule has 0 atom stereocenters. The number of hydrogen-bond acceptors (Lipinski definition) is 5. The quantitative estimate of drug-likeness (QED) is 0.705. The number of aromatic nitrogens is 1. The predicted octanol–water partition coefficient (Wildman–Crippen LogP) is 2.37. The van der Waals surface area contributed by atoms with Crippen LogP contribution in [0.25, 0.3) is 0 Å². The average molecular weight is 308 g/mol. The first kappa shape index (κ1) is 14.9. The second kappa shape index (κ2) is 5.86. The third-order valence-corrected chi connectivity index (χ3v) is 3.69. The first-order valence-electron chi connectivity index (χ1n) is 6.23. The fraction of sp³-hybridized carbons (Fsp3) is 0.636. The normalized spacial score (nSPS) is 15.2. The van der Waals surface area contributed by atoms with Crippen molar-refractivity contribution in [3.8, 4) is 0 Å². The number of alkyl halides is 3. The molecule has 0 bridgehead atoms. The Morgan fingerprint density at radius 1 is 1.45 bits per heavy atom. The molecule has 1 aliphatic carbocycles. The van der Waals surface area contributed by atoms with Crippen molar-refractivity contribution in [2.75, 3.05) is 17.6 Å². The fourth-order valence-corrected chi connectivity index (χ4v) is 2.41. The van der Waals surface area contributed by atoms with Gasteiger partial charge in [0.1, 0.15) is 10.7 Å². The zero-order chi connectivity index (χ0) is 14.8. The van der Waals surface area contributed by atoms with Gasteiger partial charge in [-0.2, -0.15) is 13.2 Å². The molecule has 4 N–H and O–H groups in total. The second-order valence-electron chi connectivity index (χ2n) is 4.63. The molecule has 0 aliphatic heterocycles. The SMILES string of the molecule is Nc1nc(NC2CC2)sc1C(=O)NCCCC(F)(F)F. The van der Waals surface area contributed by atoms with Crippen LogP contribution in [0.5, 0.6) is 0 Å². The van der Waals surface area contributed by atoms with Crippen LogP contribution in [0.4, 0.5) is 24.1 Å². The molecule has 112 valence electrons. The molecule has 20 heavy (non-hydrogen) atoms. The lowest BCUT2D eigenvalue weighted by Crippen LogP contribution is -2.25. The molecule has 9 heteroatoms. The van der Waals surface area contributed by atoms with Gasteiger partial charge in [-0.15, -0.1) is 0 Å². The maximum absolute atomic E-state index is 11.9. The number of carbonyl (C=O) groups is 1. The Balaban J connectivity index is 1.80. The molecule has 1 fully saturated rings. The summed E-state index contributed by atoms with van der Waals surface area (Å²) in [4.78, 5) is 16.0. The number of nitrogen functional groups attached to an aromatic ring is 1. The number of amides is 1. The van der Waals surface area contributed by atoms with Gasteiger partial charge >= 0.3 is 6.18 Å². The Bertz CT molecular complexity index is 485. The lowest BCUT2D eigenvalue weighted by atomic mass is 10.3. The molecule has 1 aliphatic rings. The monoisotopic (exact) mass is 308 g/mol. The molecule has 0 aromatic carbocycles. The maximum Gasteiger partial charge on any atom is 0.389 e. The number of anilines is 2. The third-order valence-electron chi connectivity index (χ3n) is 2.69. The number of nitrogens with two attached hydrogens (primary N) is 1. The highest BCUT2D eigenvalue weighted by Gasteiger charge is 2.26. The van der Waals surface area contributed by atoms with Gasteiger partial charge in [0.15, 0.2) is 5.13 Å². The summed E-state index contributed by atoms with van der Waals surface area (Å²) in [6, 6.07) is 0.392. The molecule has 0 radical (unpaired) electrons. The predicted molar refractivity (Wildman–Crippen MR) is 70.8 cm³/mol. The van der Waals surface area contributed by atoms with Crippen LogP contribution in [-0.2, 0) is 0 Å². The zero-order valence-corrected chi connectivity index (χ0v) is 11.4. The van der Waals surface area contributed by atoms with E-state index in [1.165, 1.54) is 0 Å². The number of rotatable bonds is 6. The third kappa shape index (κ3) is 4.55. The highest BCUT2D eigenvalue weighted by Crippen LogP contribution is 2.30. The molecule has 0 spiro atoms. The summed E-state index contributed by atoms with van der Waals surface area (Å²) in [5, 5.41) is 6.11. The van der Waals surface area contributed by atoms with Crippen LogP contribution < -0.4 is 16.4 Å². The summed E-state index contributed by atoms with van der Waals surface area (Å²) in [6.45, 7) is -0.0406. The molecular weight excluding hydrogens is 293 g/mol. The molecule has 1 aromatic rings. The van der Waals surface area contributed by atoms with E-state index in [2.05, 4.69) is 15.6 Å². The molecule has 0 unspecified atom stereocenters. The molecule has 2 rings (SSSR count). The van der Waals surface area contributed by atoms with E-state index in [1.54, 1.807) is 0 Å². The minimum absolute atomic E-state index is 0.0406. The summed E-state index contributed by atoms with van der Waals surface area (Å²) in [7, 11) is 0. The second-order valence-corrected chi connectivity index (χ2v) is 5.63. The zero-order valence-electron chi connectivity index (χ0n) is 10.6. The van der Waals surface area contributed by atoms with Crippen LogP contribution in [0, 0.1) is 0 Å². The summed E-state index contributed by atoms with van der Waals surface area (Å²) in [5.74, 6) is -0.377. The van der Waals surface area contributed by atoms with E-state index in [-0.39, 0.29) is 23.7 Å². The summed E-state index contributed by atoms with van der Waals surface area (Å²) in [6.07, 6.45) is -3.13. The fourth-order valence-electron chi connectivity index (χ4n) is 1.53. The Labute approximate surface area is 117 Å². The first-order valence-corrected chi connectivity index (χ1v) is 7.04. The van der Waals surface area contributed by atoms with Crippen molar-refractivity contribution in [3.63, 3.8) is 0 Å².